The van der Waals surface area contributed by atoms with Gasteiger partial charge in [-0.15, -0.1) is 0 Å². The van der Waals surface area contributed by atoms with Gasteiger partial charge in [-0.1, -0.05) is 18.2 Å². The van der Waals surface area contributed by atoms with Crippen molar-refractivity contribution in [2.45, 2.75) is 13.0 Å². The van der Waals surface area contributed by atoms with Crippen LogP contribution in [-0.4, -0.2) is 32.3 Å². The first-order valence-electron chi connectivity index (χ1n) is 7.45. The standard InChI is InChI=1S/C18H20N2O4/c1-13(17(21)20(2)15-7-5-4-6-8-15)24-16-11-9-14(10-12-16)19-18(22)23-3/h4-13H,1-3H3,(H,19,22)/t13-/m1/s1. The lowest BCUT2D eigenvalue weighted by atomic mass is 10.2. The summed E-state index contributed by atoms with van der Waals surface area (Å²) in [5.41, 5.74) is 1.38. The maximum atomic E-state index is 12.4. The van der Waals surface area contributed by atoms with Gasteiger partial charge in [0.05, 0.1) is 7.11 Å². The monoisotopic (exact) mass is 328 g/mol. The molecule has 2 aromatic rings. The zero-order chi connectivity index (χ0) is 17.5. The molecule has 0 heterocycles. The van der Waals surface area contributed by atoms with Crippen LogP contribution in [0.25, 0.3) is 0 Å². The summed E-state index contributed by atoms with van der Waals surface area (Å²) in [6, 6.07) is 16.1. The molecule has 6 heteroatoms. The van der Waals surface area contributed by atoms with E-state index in [2.05, 4.69) is 10.1 Å². The number of hydrogen-bond donors (Lipinski definition) is 1. The highest BCUT2D eigenvalue weighted by Gasteiger charge is 2.20. The minimum Gasteiger partial charge on any atom is -0.481 e. The van der Waals surface area contributed by atoms with E-state index in [4.69, 9.17) is 4.74 Å². The first kappa shape index (κ1) is 17.3. The van der Waals surface area contributed by atoms with E-state index in [0.29, 0.717) is 11.4 Å². The molecule has 24 heavy (non-hydrogen) atoms. The molecule has 1 atom stereocenters. The molecule has 2 aromatic carbocycles. The Morgan fingerprint density at radius 2 is 1.67 bits per heavy atom. The van der Waals surface area contributed by atoms with E-state index in [9.17, 15) is 9.59 Å². The number of methoxy groups -OCH3 is 1. The Hall–Kier alpha value is -3.02. The first-order chi connectivity index (χ1) is 11.5. The van der Waals surface area contributed by atoms with Gasteiger partial charge in [0, 0.05) is 18.4 Å². The molecule has 0 saturated carbocycles. The van der Waals surface area contributed by atoms with Crippen molar-refractivity contribution in [3.8, 4) is 5.75 Å². The fourth-order valence-electron chi connectivity index (χ4n) is 2.09. The summed E-state index contributed by atoms with van der Waals surface area (Å²) in [5.74, 6) is 0.380. The van der Waals surface area contributed by atoms with Crippen LogP contribution < -0.4 is 15.0 Å². The van der Waals surface area contributed by atoms with E-state index in [-0.39, 0.29) is 5.91 Å². The summed E-state index contributed by atoms with van der Waals surface area (Å²) in [4.78, 5) is 25.1. The fraction of sp³-hybridized carbons (Fsp3) is 0.222. The lowest BCUT2D eigenvalue weighted by Gasteiger charge is -2.22. The van der Waals surface area contributed by atoms with Crippen molar-refractivity contribution in [3.63, 3.8) is 0 Å². The average Bonchev–Trinajstić information content (AvgIpc) is 2.62. The summed E-state index contributed by atoms with van der Waals surface area (Å²) >= 11 is 0. The molecule has 0 unspecified atom stereocenters. The topological polar surface area (TPSA) is 67.9 Å². The molecule has 6 nitrogen and oxygen atoms in total. The number of benzene rings is 2. The van der Waals surface area contributed by atoms with E-state index in [1.54, 1.807) is 43.1 Å². The van der Waals surface area contributed by atoms with Gasteiger partial charge in [0.25, 0.3) is 5.91 Å². The number of likely N-dealkylation sites (N-methyl/N-ethyl adjacent to an activating group) is 1. The van der Waals surface area contributed by atoms with Crippen LogP contribution >= 0.6 is 0 Å². The molecule has 0 aliphatic heterocycles. The van der Waals surface area contributed by atoms with Gasteiger partial charge in [0.2, 0.25) is 0 Å². The quantitative estimate of drug-likeness (QED) is 0.914. The van der Waals surface area contributed by atoms with Crippen molar-refractivity contribution >= 4 is 23.4 Å². The van der Waals surface area contributed by atoms with Gasteiger partial charge in [-0.3, -0.25) is 10.1 Å². The summed E-state index contributed by atoms with van der Waals surface area (Å²) in [6.45, 7) is 1.70. The molecule has 0 fully saturated rings. The normalized spacial score (nSPS) is 11.3. The number of carbonyl (C=O) groups is 2. The second kappa shape index (κ2) is 8.01. The molecular formula is C18H20N2O4. The van der Waals surface area contributed by atoms with E-state index in [1.807, 2.05) is 30.3 Å². The largest absolute Gasteiger partial charge is 0.481 e. The minimum absolute atomic E-state index is 0.155. The number of para-hydroxylation sites is 1. The van der Waals surface area contributed by atoms with Crippen LogP contribution in [0, 0.1) is 0 Å². The molecule has 0 saturated heterocycles. The lowest BCUT2D eigenvalue weighted by molar-refractivity contribution is -0.124. The van der Waals surface area contributed by atoms with E-state index in [0.717, 1.165) is 5.69 Å². The number of rotatable bonds is 5. The lowest BCUT2D eigenvalue weighted by Crippen LogP contribution is -2.37. The number of carbonyl (C=O) groups excluding carboxylic acids is 2. The Bertz CT molecular complexity index is 686. The van der Waals surface area contributed by atoms with Gasteiger partial charge in [0.15, 0.2) is 6.10 Å². The third-order valence-electron chi connectivity index (χ3n) is 3.42. The van der Waals surface area contributed by atoms with Crippen molar-refractivity contribution in [2.24, 2.45) is 0 Å². The molecule has 126 valence electrons. The maximum Gasteiger partial charge on any atom is 0.411 e. The number of nitrogens with zero attached hydrogens (tertiary/aromatic N) is 1. The molecule has 2 rings (SSSR count). The smallest absolute Gasteiger partial charge is 0.411 e. The number of amides is 2. The van der Waals surface area contributed by atoms with E-state index >= 15 is 0 Å². The second-order valence-corrected chi connectivity index (χ2v) is 5.13. The molecular weight excluding hydrogens is 308 g/mol. The van der Waals surface area contributed by atoms with Crippen LogP contribution in [0.2, 0.25) is 0 Å². The van der Waals surface area contributed by atoms with E-state index in [1.165, 1.54) is 7.11 Å². The third kappa shape index (κ3) is 4.49. The van der Waals surface area contributed by atoms with Crippen LogP contribution in [-0.2, 0) is 9.53 Å². The Labute approximate surface area is 141 Å². The van der Waals surface area contributed by atoms with Crippen molar-refractivity contribution in [1.29, 1.82) is 0 Å². The molecule has 0 bridgehead atoms. The molecule has 0 radical (unpaired) electrons. The Morgan fingerprint density at radius 1 is 1.04 bits per heavy atom. The average molecular weight is 328 g/mol. The highest BCUT2D eigenvalue weighted by Crippen LogP contribution is 2.19. The van der Waals surface area contributed by atoms with Gasteiger partial charge < -0.3 is 14.4 Å². The molecule has 0 aliphatic rings. The predicted octanol–water partition coefficient (Wildman–Crippen LogP) is 3.30. The maximum absolute atomic E-state index is 12.4. The Balaban J connectivity index is 1.97. The second-order valence-electron chi connectivity index (χ2n) is 5.13. The SMILES string of the molecule is COC(=O)Nc1ccc(O[C@H](C)C(=O)N(C)c2ccccc2)cc1. The molecule has 2 amide bonds. The summed E-state index contributed by atoms with van der Waals surface area (Å²) in [5, 5.41) is 2.54. The molecule has 0 aliphatic carbocycles. The molecule has 0 spiro atoms. The summed E-state index contributed by atoms with van der Waals surface area (Å²) < 4.78 is 10.2. The van der Waals surface area contributed by atoms with E-state index < -0.39 is 12.2 Å². The summed E-state index contributed by atoms with van der Waals surface area (Å²) in [6.07, 6.45) is -1.19. The highest BCUT2D eigenvalue weighted by atomic mass is 16.5. The predicted molar refractivity (Wildman–Crippen MR) is 92.4 cm³/mol. The van der Waals surface area contributed by atoms with Crippen molar-refractivity contribution < 1.29 is 19.1 Å². The number of hydrogen-bond acceptors (Lipinski definition) is 4. The Morgan fingerprint density at radius 3 is 2.25 bits per heavy atom. The van der Waals surface area contributed by atoms with Crippen LogP contribution in [0.1, 0.15) is 6.92 Å². The zero-order valence-corrected chi connectivity index (χ0v) is 13.9. The van der Waals surface area contributed by atoms with Crippen molar-refractivity contribution in [2.75, 3.05) is 24.4 Å². The molecule has 0 aromatic heterocycles. The number of ether oxygens (including phenoxy) is 2. The highest BCUT2D eigenvalue weighted by molar-refractivity contribution is 5.96. The van der Waals surface area contributed by atoms with Crippen LogP contribution in [0.4, 0.5) is 16.2 Å². The Kier molecular flexibility index (Phi) is 5.78. The van der Waals surface area contributed by atoms with Crippen LogP contribution in [0.15, 0.2) is 54.6 Å². The number of anilines is 2. The third-order valence-corrected chi connectivity index (χ3v) is 3.42. The number of nitrogens with one attached hydrogen (secondary N) is 1. The van der Waals surface area contributed by atoms with Gasteiger partial charge in [-0.25, -0.2) is 4.79 Å². The first-order valence-corrected chi connectivity index (χ1v) is 7.45. The fourth-order valence-corrected chi connectivity index (χ4v) is 2.09. The molecule has 1 N–H and O–H groups in total. The van der Waals surface area contributed by atoms with Gasteiger partial charge >= 0.3 is 6.09 Å². The van der Waals surface area contributed by atoms with Gasteiger partial charge in [-0.05, 0) is 43.3 Å². The van der Waals surface area contributed by atoms with Gasteiger partial charge in [0.1, 0.15) is 5.75 Å². The zero-order valence-electron chi connectivity index (χ0n) is 13.9. The van der Waals surface area contributed by atoms with Crippen LogP contribution in [0.5, 0.6) is 5.75 Å². The van der Waals surface area contributed by atoms with Crippen molar-refractivity contribution in [1.82, 2.24) is 0 Å². The minimum atomic E-state index is -0.644. The van der Waals surface area contributed by atoms with Gasteiger partial charge in [-0.2, -0.15) is 0 Å². The van der Waals surface area contributed by atoms with Crippen molar-refractivity contribution in [3.05, 3.63) is 54.6 Å². The summed E-state index contributed by atoms with van der Waals surface area (Å²) in [7, 11) is 3.00. The van der Waals surface area contributed by atoms with Crippen LogP contribution in [0.3, 0.4) is 0 Å².